The molecular formula is C32H35N5O6. The fourth-order valence-electron chi connectivity index (χ4n) is 6.33. The molecular weight excluding hydrogens is 550 g/mol. The summed E-state index contributed by atoms with van der Waals surface area (Å²) in [5.41, 5.74) is 2.04. The van der Waals surface area contributed by atoms with Crippen LogP contribution >= 0.6 is 0 Å². The molecule has 5 atom stereocenters. The van der Waals surface area contributed by atoms with Crippen LogP contribution < -0.4 is 15.4 Å². The Labute approximate surface area is 249 Å². The van der Waals surface area contributed by atoms with Gasteiger partial charge in [-0.2, -0.15) is 5.26 Å². The van der Waals surface area contributed by atoms with Crippen LogP contribution in [-0.2, 0) is 14.4 Å². The van der Waals surface area contributed by atoms with E-state index in [2.05, 4.69) is 21.7 Å². The van der Waals surface area contributed by atoms with E-state index in [1.807, 2.05) is 42.5 Å². The molecule has 43 heavy (non-hydrogen) atoms. The van der Waals surface area contributed by atoms with Gasteiger partial charge in [0.1, 0.15) is 29.3 Å². The first-order chi connectivity index (χ1) is 20.8. The van der Waals surface area contributed by atoms with E-state index >= 15 is 0 Å². The summed E-state index contributed by atoms with van der Waals surface area (Å²) in [5, 5.41) is 25.5. The van der Waals surface area contributed by atoms with Crippen LogP contribution in [0.1, 0.15) is 54.1 Å². The SMILES string of the molecule is COc1cccc2[nH]c(C(=O)N3C[C@H](c4ccccc4)C[C@H]3C(=O)N[C@@H](C[C@@H]3CCCC3=O)C(C#N)NCC(=O)O)cc12. The molecule has 4 N–H and O–H groups in total. The number of carboxylic acid groups (broad SMARTS) is 1. The predicted molar refractivity (Wildman–Crippen MR) is 157 cm³/mol. The van der Waals surface area contributed by atoms with E-state index in [9.17, 15) is 29.5 Å². The molecule has 1 unspecified atom stereocenters. The van der Waals surface area contributed by atoms with E-state index < -0.39 is 36.5 Å². The van der Waals surface area contributed by atoms with Crippen LogP contribution in [0.25, 0.3) is 10.9 Å². The molecule has 2 fully saturated rings. The van der Waals surface area contributed by atoms with Gasteiger partial charge in [0.25, 0.3) is 5.91 Å². The number of methoxy groups -OCH3 is 1. The lowest BCUT2D eigenvalue weighted by Crippen LogP contribution is -2.55. The number of hydrogen-bond acceptors (Lipinski definition) is 7. The molecule has 1 aliphatic heterocycles. The van der Waals surface area contributed by atoms with Crippen molar-refractivity contribution in [3.63, 3.8) is 0 Å². The first kappa shape index (κ1) is 29.8. The molecule has 0 radical (unpaired) electrons. The van der Waals surface area contributed by atoms with Crippen LogP contribution in [0.4, 0.5) is 0 Å². The van der Waals surface area contributed by atoms with Crippen LogP contribution in [-0.4, -0.2) is 76.9 Å². The number of ketones is 1. The topological polar surface area (TPSA) is 165 Å². The maximum atomic E-state index is 14.0. The van der Waals surface area contributed by atoms with Crippen molar-refractivity contribution < 1.29 is 29.0 Å². The van der Waals surface area contributed by atoms with Crippen molar-refractivity contribution in [3.05, 3.63) is 65.9 Å². The highest BCUT2D eigenvalue weighted by atomic mass is 16.5. The number of likely N-dealkylation sites (tertiary alicyclic amines) is 1. The van der Waals surface area contributed by atoms with Crippen LogP contribution in [0.15, 0.2) is 54.6 Å². The highest BCUT2D eigenvalue weighted by Gasteiger charge is 2.42. The molecule has 2 amide bonds. The number of H-pyrrole nitrogens is 1. The average molecular weight is 586 g/mol. The van der Waals surface area contributed by atoms with Gasteiger partial charge < -0.3 is 25.0 Å². The number of aromatic amines is 1. The number of aliphatic carboxylic acids is 1. The molecule has 224 valence electrons. The van der Waals surface area contributed by atoms with Gasteiger partial charge in [-0.25, -0.2) is 0 Å². The molecule has 1 aromatic heterocycles. The van der Waals surface area contributed by atoms with Crippen molar-refractivity contribution in [1.29, 1.82) is 5.26 Å². The van der Waals surface area contributed by atoms with Gasteiger partial charge in [0.2, 0.25) is 5.91 Å². The first-order valence-corrected chi connectivity index (χ1v) is 14.5. The van der Waals surface area contributed by atoms with Gasteiger partial charge in [0.15, 0.2) is 0 Å². The van der Waals surface area contributed by atoms with E-state index in [1.165, 1.54) is 0 Å². The quantitative estimate of drug-likeness (QED) is 0.267. The molecule has 2 aliphatic rings. The minimum Gasteiger partial charge on any atom is -0.496 e. The number of rotatable bonds is 11. The largest absolute Gasteiger partial charge is 0.496 e. The number of nitriles is 1. The summed E-state index contributed by atoms with van der Waals surface area (Å²) in [4.78, 5) is 56.4. The monoisotopic (exact) mass is 585 g/mol. The Kier molecular flexibility index (Phi) is 9.07. The molecule has 1 saturated carbocycles. The molecule has 11 heteroatoms. The smallest absolute Gasteiger partial charge is 0.317 e. The molecule has 2 aromatic carbocycles. The molecule has 0 bridgehead atoms. The fourth-order valence-corrected chi connectivity index (χ4v) is 6.33. The van der Waals surface area contributed by atoms with Gasteiger partial charge in [-0.3, -0.25) is 24.5 Å². The lowest BCUT2D eigenvalue weighted by atomic mass is 9.92. The number of aromatic nitrogens is 1. The lowest BCUT2D eigenvalue weighted by molar-refractivity contribution is -0.136. The standard InChI is InChI=1S/C32H35N5O6/c1-43-29-12-6-10-23-22(29)15-25(35-23)32(42)37-18-21(19-7-3-2-4-8-19)14-27(37)31(41)36-24(13-20-9-5-11-28(20)38)26(16-33)34-17-30(39)40/h2-4,6-8,10,12,15,20-21,24,26-27,34-35H,5,9,11,13-14,17-18H2,1H3,(H,36,41)(H,39,40)/t20-,21+,24-,26?,27-/m0/s1. The number of carbonyl (C=O) groups is 4. The van der Waals surface area contributed by atoms with E-state index in [1.54, 1.807) is 24.1 Å². The predicted octanol–water partition coefficient (Wildman–Crippen LogP) is 2.99. The molecule has 1 saturated heterocycles. The zero-order valence-electron chi connectivity index (χ0n) is 23.9. The van der Waals surface area contributed by atoms with Crippen molar-refractivity contribution in [2.45, 2.75) is 56.1 Å². The summed E-state index contributed by atoms with van der Waals surface area (Å²) < 4.78 is 5.45. The molecule has 3 aromatic rings. The zero-order valence-corrected chi connectivity index (χ0v) is 23.9. The van der Waals surface area contributed by atoms with Crippen LogP contribution in [0, 0.1) is 17.2 Å². The van der Waals surface area contributed by atoms with Gasteiger partial charge in [0.05, 0.1) is 25.8 Å². The van der Waals surface area contributed by atoms with Crippen molar-refractivity contribution in [3.8, 4) is 11.8 Å². The van der Waals surface area contributed by atoms with Gasteiger partial charge in [0, 0.05) is 35.7 Å². The molecule has 2 heterocycles. The molecule has 1 aliphatic carbocycles. The summed E-state index contributed by atoms with van der Waals surface area (Å²) in [5.74, 6) is -1.68. The summed E-state index contributed by atoms with van der Waals surface area (Å²) in [6.07, 6.45) is 2.41. The Balaban J connectivity index is 1.43. The van der Waals surface area contributed by atoms with Crippen LogP contribution in [0.2, 0.25) is 0 Å². The highest BCUT2D eigenvalue weighted by molar-refractivity contribution is 6.02. The summed E-state index contributed by atoms with van der Waals surface area (Å²) in [6, 6.07) is 16.2. The first-order valence-electron chi connectivity index (χ1n) is 14.5. The second kappa shape index (κ2) is 13.1. The maximum Gasteiger partial charge on any atom is 0.317 e. The van der Waals surface area contributed by atoms with Gasteiger partial charge in [-0.1, -0.05) is 36.4 Å². The third-order valence-electron chi connectivity index (χ3n) is 8.52. The fraction of sp³-hybridized carbons (Fsp3) is 0.406. The minimum absolute atomic E-state index is 0.0743. The number of carboxylic acids is 1. The highest BCUT2D eigenvalue weighted by Crippen LogP contribution is 2.35. The number of ether oxygens (including phenoxy) is 1. The second-order valence-electron chi connectivity index (χ2n) is 11.2. The van der Waals surface area contributed by atoms with Crippen molar-refractivity contribution in [2.75, 3.05) is 20.2 Å². The Morgan fingerprint density at radius 1 is 1.19 bits per heavy atom. The second-order valence-corrected chi connectivity index (χ2v) is 11.2. The zero-order chi connectivity index (χ0) is 30.5. The van der Waals surface area contributed by atoms with Gasteiger partial charge in [-0.05, 0) is 49.4 Å². The lowest BCUT2D eigenvalue weighted by Gasteiger charge is -2.29. The number of Topliss-reactive ketones (excluding diaryl/α,β-unsaturated/α-hetero) is 1. The Hall–Kier alpha value is -4.69. The van der Waals surface area contributed by atoms with Gasteiger partial charge >= 0.3 is 5.97 Å². The Morgan fingerprint density at radius 3 is 2.65 bits per heavy atom. The average Bonchev–Trinajstić information content (AvgIpc) is 3.75. The number of hydrogen-bond donors (Lipinski definition) is 4. The van der Waals surface area contributed by atoms with Crippen LogP contribution in [0.5, 0.6) is 5.75 Å². The number of nitrogens with one attached hydrogen (secondary N) is 3. The van der Waals surface area contributed by atoms with Crippen molar-refractivity contribution in [1.82, 2.24) is 20.5 Å². The molecule has 11 nitrogen and oxygen atoms in total. The number of benzene rings is 2. The van der Waals surface area contributed by atoms with E-state index in [0.717, 1.165) is 22.9 Å². The van der Waals surface area contributed by atoms with Crippen LogP contribution in [0.3, 0.4) is 0 Å². The van der Waals surface area contributed by atoms with E-state index in [0.29, 0.717) is 37.3 Å². The Bertz CT molecular complexity index is 1550. The van der Waals surface area contributed by atoms with Crippen molar-refractivity contribution in [2.24, 2.45) is 5.92 Å². The van der Waals surface area contributed by atoms with Crippen molar-refractivity contribution >= 4 is 34.5 Å². The molecule has 5 rings (SSSR count). The number of nitrogens with zero attached hydrogens (tertiary/aromatic N) is 2. The normalized spacial score (nSPS) is 21.3. The third-order valence-corrected chi connectivity index (χ3v) is 8.52. The Morgan fingerprint density at radius 2 is 1.98 bits per heavy atom. The maximum absolute atomic E-state index is 14.0. The van der Waals surface area contributed by atoms with Gasteiger partial charge in [-0.15, -0.1) is 0 Å². The third kappa shape index (κ3) is 6.54. The van der Waals surface area contributed by atoms with E-state index in [4.69, 9.17) is 4.74 Å². The summed E-state index contributed by atoms with van der Waals surface area (Å²) >= 11 is 0. The number of fused-ring (bicyclic) bond motifs is 1. The summed E-state index contributed by atoms with van der Waals surface area (Å²) in [6.45, 7) is -0.171. The molecule has 0 spiro atoms. The minimum atomic E-state index is -1.14. The summed E-state index contributed by atoms with van der Waals surface area (Å²) in [7, 11) is 1.56. The number of amides is 2. The van der Waals surface area contributed by atoms with E-state index in [-0.39, 0.29) is 29.9 Å². The number of carbonyl (C=O) groups excluding carboxylic acids is 3.